The van der Waals surface area contributed by atoms with E-state index in [1.165, 1.54) is 4.90 Å². The van der Waals surface area contributed by atoms with Gasteiger partial charge in [-0.2, -0.15) is 0 Å². The number of nitrogens with zero attached hydrogens (tertiary/aromatic N) is 1. The number of hydrogen-bond acceptors (Lipinski definition) is 4. The van der Waals surface area contributed by atoms with Gasteiger partial charge in [0.05, 0.1) is 27.2 Å². The van der Waals surface area contributed by atoms with Crippen LogP contribution in [-0.4, -0.2) is 50.4 Å². The first kappa shape index (κ1) is 17.4. The molecule has 5 nitrogen and oxygen atoms in total. The molecule has 1 fully saturated rings. The van der Waals surface area contributed by atoms with Crippen molar-refractivity contribution in [1.29, 1.82) is 0 Å². The minimum Gasteiger partial charge on any atom is -0.383 e. The van der Waals surface area contributed by atoms with Gasteiger partial charge in [-0.3, -0.25) is 4.79 Å². The molecule has 22 heavy (non-hydrogen) atoms. The lowest BCUT2D eigenvalue weighted by Gasteiger charge is -2.23. The number of rotatable bonds is 5. The average molecular weight is 365 g/mol. The molecule has 1 amide bonds. The van der Waals surface area contributed by atoms with Gasteiger partial charge in [-0.15, -0.1) is 0 Å². The van der Waals surface area contributed by atoms with Crippen LogP contribution >= 0.6 is 23.2 Å². The molecule has 0 bridgehead atoms. The lowest BCUT2D eigenvalue weighted by molar-refractivity contribution is -0.131. The molecule has 2 rings (SSSR count). The predicted molar refractivity (Wildman–Crippen MR) is 89.4 cm³/mol. The van der Waals surface area contributed by atoms with Gasteiger partial charge in [-0.05, 0) is 18.6 Å². The lowest BCUT2D eigenvalue weighted by atomic mass is 10.2. The number of carbonyl (C=O) groups is 1. The van der Waals surface area contributed by atoms with E-state index in [-0.39, 0.29) is 29.9 Å². The van der Waals surface area contributed by atoms with Crippen molar-refractivity contribution >= 4 is 44.6 Å². The van der Waals surface area contributed by atoms with E-state index in [1.54, 1.807) is 25.2 Å². The molecule has 0 aliphatic carbocycles. The Morgan fingerprint density at radius 1 is 1.41 bits per heavy atom. The van der Waals surface area contributed by atoms with Crippen LogP contribution in [0.2, 0.25) is 10.0 Å². The molecule has 0 aromatic heterocycles. The van der Waals surface area contributed by atoms with E-state index in [0.29, 0.717) is 28.7 Å². The third-order valence-corrected chi connectivity index (χ3v) is 6.32. The molecule has 122 valence electrons. The van der Waals surface area contributed by atoms with Crippen molar-refractivity contribution in [2.45, 2.75) is 18.9 Å². The number of halogens is 2. The van der Waals surface area contributed by atoms with Crippen LogP contribution in [0, 0.1) is 0 Å². The summed E-state index contributed by atoms with van der Waals surface area (Å²) < 4.78 is 22.9. The molecule has 1 N–H and O–H groups in total. The van der Waals surface area contributed by atoms with Crippen LogP contribution in [0.3, 0.4) is 0 Å². The van der Waals surface area contributed by atoms with Crippen LogP contribution in [0.5, 0.6) is 0 Å². The second kappa shape index (κ2) is 7.06. The first-order chi connectivity index (χ1) is 10.3. The normalized spacial score (nSPS) is 19.9. The Morgan fingerprint density at radius 2 is 2.14 bits per heavy atom. The van der Waals surface area contributed by atoms with Crippen molar-refractivity contribution in [3.05, 3.63) is 28.2 Å². The Hall–Kier alpha value is -0.980. The Morgan fingerprint density at radius 3 is 2.77 bits per heavy atom. The van der Waals surface area contributed by atoms with Crippen LogP contribution in [0.15, 0.2) is 18.2 Å². The molecule has 1 aromatic carbocycles. The third kappa shape index (κ3) is 4.27. The maximum Gasteiger partial charge on any atom is 0.224 e. The third-order valence-electron chi connectivity index (χ3n) is 3.76. The number of carbonyl (C=O) groups excluding carboxylic acids is 1. The lowest BCUT2D eigenvalue weighted by Crippen LogP contribution is -2.38. The molecule has 1 heterocycles. The highest BCUT2D eigenvalue weighted by Gasteiger charge is 2.32. The highest BCUT2D eigenvalue weighted by atomic mass is 35.5. The van der Waals surface area contributed by atoms with Gasteiger partial charge < -0.3 is 10.2 Å². The van der Waals surface area contributed by atoms with Crippen molar-refractivity contribution in [3.63, 3.8) is 0 Å². The van der Waals surface area contributed by atoms with Crippen molar-refractivity contribution in [2.75, 3.05) is 30.4 Å². The quantitative estimate of drug-likeness (QED) is 0.871. The first-order valence-corrected chi connectivity index (χ1v) is 9.52. The van der Waals surface area contributed by atoms with Crippen LogP contribution in [-0.2, 0) is 14.6 Å². The minimum atomic E-state index is -2.99. The molecule has 0 radical (unpaired) electrons. The van der Waals surface area contributed by atoms with Crippen LogP contribution in [0.1, 0.15) is 12.8 Å². The molecule has 1 unspecified atom stereocenters. The summed E-state index contributed by atoms with van der Waals surface area (Å²) in [6.07, 6.45) is 0.772. The predicted octanol–water partition coefficient (Wildman–Crippen LogP) is 2.44. The highest BCUT2D eigenvalue weighted by molar-refractivity contribution is 7.91. The summed E-state index contributed by atoms with van der Waals surface area (Å²) in [7, 11) is -1.34. The molecule has 1 aromatic rings. The maximum atomic E-state index is 12.1. The van der Waals surface area contributed by atoms with Crippen LogP contribution in [0.4, 0.5) is 5.69 Å². The van der Waals surface area contributed by atoms with Crippen molar-refractivity contribution in [3.8, 4) is 0 Å². The fourth-order valence-corrected chi connectivity index (χ4v) is 4.55. The first-order valence-electron chi connectivity index (χ1n) is 6.94. The van der Waals surface area contributed by atoms with Gasteiger partial charge in [-0.1, -0.05) is 29.3 Å². The summed E-state index contributed by atoms with van der Waals surface area (Å²) in [5.41, 5.74) is 0.674. The van der Waals surface area contributed by atoms with Gasteiger partial charge in [0.2, 0.25) is 5.91 Å². The SMILES string of the molecule is CN(C(=O)CCNc1cccc(Cl)c1Cl)C1CCS(=O)(=O)C1. The number of hydrogen-bond donors (Lipinski definition) is 1. The molecule has 1 atom stereocenters. The maximum absolute atomic E-state index is 12.1. The second-order valence-corrected chi connectivity index (χ2v) is 8.35. The average Bonchev–Trinajstić information content (AvgIpc) is 2.82. The summed E-state index contributed by atoms with van der Waals surface area (Å²) in [6, 6.07) is 5.03. The summed E-state index contributed by atoms with van der Waals surface area (Å²) >= 11 is 12.0. The number of benzene rings is 1. The van der Waals surface area contributed by atoms with Gasteiger partial charge >= 0.3 is 0 Å². The van der Waals surface area contributed by atoms with E-state index in [1.807, 2.05) is 0 Å². The largest absolute Gasteiger partial charge is 0.383 e. The fourth-order valence-electron chi connectivity index (χ4n) is 2.41. The molecular formula is C14H18Cl2N2O3S. The van der Waals surface area contributed by atoms with Gasteiger partial charge in [0.25, 0.3) is 0 Å². The van der Waals surface area contributed by atoms with E-state index in [4.69, 9.17) is 23.2 Å². The Labute approximate surface area is 140 Å². The second-order valence-electron chi connectivity index (χ2n) is 5.34. The Kier molecular flexibility index (Phi) is 5.58. The zero-order chi connectivity index (χ0) is 16.3. The molecule has 0 spiro atoms. The molecule has 1 saturated heterocycles. The van der Waals surface area contributed by atoms with Crippen LogP contribution < -0.4 is 5.32 Å². The smallest absolute Gasteiger partial charge is 0.224 e. The topological polar surface area (TPSA) is 66.5 Å². The van der Waals surface area contributed by atoms with Crippen molar-refractivity contribution in [2.24, 2.45) is 0 Å². The summed E-state index contributed by atoms with van der Waals surface area (Å²) in [6.45, 7) is 0.405. The number of sulfone groups is 1. The zero-order valence-electron chi connectivity index (χ0n) is 12.2. The van der Waals surface area contributed by atoms with E-state index in [2.05, 4.69) is 5.32 Å². The number of nitrogens with one attached hydrogen (secondary N) is 1. The van der Waals surface area contributed by atoms with Gasteiger partial charge in [0.1, 0.15) is 0 Å². The Balaban J connectivity index is 1.84. The Bertz CT molecular complexity index is 664. The van der Waals surface area contributed by atoms with Crippen molar-refractivity contribution < 1.29 is 13.2 Å². The van der Waals surface area contributed by atoms with E-state index < -0.39 is 9.84 Å². The monoisotopic (exact) mass is 364 g/mol. The molecule has 1 aliphatic rings. The van der Waals surface area contributed by atoms with Crippen molar-refractivity contribution in [1.82, 2.24) is 4.90 Å². The summed E-state index contributed by atoms with van der Waals surface area (Å²) in [5.74, 6) is 0.127. The zero-order valence-corrected chi connectivity index (χ0v) is 14.5. The van der Waals surface area contributed by atoms with Gasteiger partial charge in [0.15, 0.2) is 9.84 Å². The highest BCUT2D eigenvalue weighted by Crippen LogP contribution is 2.29. The standard InChI is InChI=1S/C14H18Cl2N2O3S/c1-18(10-6-8-22(20,21)9-10)13(19)5-7-17-12-4-2-3-11(15)14(12)16/h2-4,10,17H,5-9H2,1H3. The minimum absolute atomic E-state index is 0.0583. The fraction of sp³-hybridized carbons (Fsp3) is 0.500. The number of anilines is 1. The molecule has 8 heteroatoms. The van der Waals surface area contributed by atoms with Gasteiger partial charge in [-0.25, -0.2) is 8.42 Å². The molecule has 0 saturated carbocycles. The summed E-state index contributed by atoms with van der Waals surface area (Å²) in [4.78, 5) is 13.6. The summed E-state index contributed by atoms with van der Waals surface area (Å²) in [5, 5.41) is 3.94. The number of amides is 1. The molecule has 1 aliphatic heterocycles. The van der Waals surface area contributed by atoms with E-state index >= 15 is 0 Å². The molecular weight excluding hydrogens is 347 g/mol. The van der Waals surface area contributed by atoms with E-state index in [9.17, 15) is 13.2 Å². The van der Waals surface area contributed by atoms with Gasteiger partial charge in [0, 0.05) is 26.1 Å². The van der Waals surface area contributed by atoms with Crippen LogP contribution in [0.25, 0.3) is 0 Å². The van der Waals surface area contributed by atoms with E-state index in [0.717, 1.165) is 0 Å².